The van der Waals surface area contributed by atoms with Crippen molar-refractivity contribution in [1.29, 1.82) is 0 Å². The van der Waals surface area contributed by atoms with Gasteiger partial charge in [-0.3, -0.25) is 4.79 Å². The molecular weight excluding hydrogens is 356 g/mol. The summed E-state index contributed by atoms with van der Waals surface area (Å²) < 4.78 is 4.89. The van der Waals surface area contributed by atoms with Crippen LogP contribution in [0.5, 0.6) is 0 Å². The predicted octanol–water partition coefficient (Wildman–Crippen LogP) is 2.23. The normalized spacial score (nSPS) is 23.6. The lowest BCUT2D eigenvalue weighted by Gasteiger charge is -2.30. The number of aryl methyl sites for hydroxylation is 1. The highest BCUT2D eigenvalue weighted by atomic mass is 16.5. The van der Waals surface area contributed by atoms with E-state index in [9.17, 15) is 9.59 Å². The maximum Gasteiger partial charge on any atom is 0.343 e. The smallest absolute Gasteiger partial charge is 0.343 e. The fourth-order valence-electron chi connectivity index (χ4n) is 4.69. The number of esters is 1. The van der Waals surface area contributed by atoms with Crippen LogP contribution in [0.15, 0.2) is 36.8 Å². The topological polar surface area (TPSA) is 75.6 Å². The molecule has 0 bridgehead atoms. The molecule has 0 N–H and O–H groups in total. The molecule has 2 aliphatic heterocycles. The third kappa shape index (κ3) is 3.00. The summed E-state index contributed by atoms with van der Waals surface area (Å²) in [5, 5.41) is 0. The van der Waals surface area contributed by atoms with Gasteiger partial charge in [0.05, 0.1) is 13.2 Å². The lowest BCUT2D eigenvalue weighted by atomic mass is 9.87. The van der Waals surface area contributed by atoms with Crippen molar-refractivity contribution in [3.8, 4) is 0 Å². The lowest BCUT2D eigenvalue weighted by molar-refractivity contribution is -0.130. The van der Waals surface area contributed by atoms with Crippen molar-refractivity contribution in [1.82, 2.24) is 14.9 Å². The zero-order valence-electron chi connectivity index (χ0n) is 16.3. The molecule has 2 aromatic rings. The fraction of sp³-hybridized carbons (Fsp3) is 0.429. The number of anilines is 1. The Morgan fingerprint density at radius 2 is 1.96 bits per heavy atom. The van der Waals surface area contributed by atoms with Gasteiger partial charge in [0.15, 0.2) is 0 Å². The van der Waals surface area contributed by atoms with E-state index in [4.69, 9.17) is 4.74 Å². The molecule has 2 aliphatic rings. The Morgan fingerprint density at radius 1 is 1.18 bits per heavy atom. The second kappa shape index (κ2) is 7.22. The Morgan fingerprint density at radius 3 is 2.68 bits per heavy atom. The van der Waals surface area contributed by atoms with Crippen LogP contribution < -0.4 is 4.90 Å². The van der Waals surface area contributed by atoms with E-state index in [1.807, 2.05) is 17.0 Å². The Labute approximate surface area is 164 Å². The number of benzene rings is 1. The molecule has 3 heterocycles. The molecule has 1 aromatic carbocycles. The van der Waals surface area contributed by atoms with Crippen LogP contribution in [0.3, 0.4) is 0 Å². The van der Waals surface area contributed by atoms with Crippen molar-refractivity contribution in [2.24, 2.45) is 11.8 Å². The van der Waals surface area contributed by atoms with Crippen LogP contribution in [0.2, 0.25) is 0 Å². The minimum absolute atomic E-state index is 0.0390. The van der Waals surface area contributed by atoms with Crippen molar-refractivity contribution in [2.75, 3.05) is 31.6 Å². The molecule has 3 atom stereocenters. The molecule has 7 heteroatoms. The number of carbonyl (C=O) groups excluding carboxylic acids is 2. The zero-order chi connectivity index (χ0) is 19.8. The molecule has 2 saturated heterocycles. The number of aromatic nitrogens is 2. The van der Waals surface area contributed by atoms with Crippen molar-refractivity contribution < 1.29 is 14.3 Å². The summed E-state index contributed by atoms with van der Waals surface area (Å²) in [5.74, 6) is 0.883. The molecule has 2 fully saturated rings. The summed E-state index contributed by atoms with van der Waals surface area (Å²) >= 11 is 0. The van der Waals surface area contributed by atoms with Gasteiger partial charge >= 0.3 is 5.97 Å². The minimum atomic E-state index is -0.437. The zero-order valence-corrected chi connectivity index (χ0v) is 16.3. The van der Waals surface area contributed by atoms with E-state index in [0.717, 1.165) is 13.1 Å². The molecular formula is C21H24N4O3. The summed E-state index contributed by atoms with van der Waals surface area (Å²) in [4.78, 5) is 36.9. The monoisotopic (exact) mass is 380 g/mol. The first-order valence-corrected chi connectivity index (χ1v) is 9.47. The molecule has 0 unspecified atom stereocenters. The van der Waals surface area contributed by atoms with Gasteiger partial charge in [-0.05, 0) is 18.1 Å². The van der Waals surface area contributed by atoms with E-state index in [1.165, 1.54) is 30.8 Å². The molecule has 4 rings (SSSR count). The minimum Gasteiger partial charge on any atom is -0.465 e. The maximum atomic E-state index is 12.3. The second-order valence-electron chi connectivity index (χ2n) is 7.55. The summed E-state index contributed by atoms with van der Waals surface area (Å²) in [6, 6.07) is 8.30. The largest absolute Gasteiger partial charge is 0.465 e. The first kappa shape index (κ1) is 18.4. The number of methoxy groups -OCH3 is 1. The first-order chi connectivity index (χ1) is 13.5. The van der Waals surface area contributed by atoms with Gasteiger partial charge in [0.25, 0.3) is 0 Å². The van der Waals surface area contributed by atoms with Gasteiger partial charge in [-0.2, -0.15) is 0 Å². The highest BCUT2D eigenvalue weighted by Crippen LogP contribution is 2.46. The highest BCUT2D eigenvalue weighted by Gasteiger charge is 2.49. The van der Waals surface area contributed by atoms with Crippen molar-refractivity contribution in [3.63, 3.8) is 0 Å². The number of rotatable bonds is 3. The molecule has 0 spiro atoms. The van der Waals surface area contributed by atoms with Gasteiger partial charge in [0.1, 0.15) is 17.7 Å². The van der Waals surface area contributed by atoms with Crippen LogP contribution in [0.1, 0.15) is 34.5 Å². The number of ether oxygens (including phenoxy) is 1. The van der Waals surface area contributed by atoms with E-state index in [0.29, 0.717) is 23.8 Å². The van der Waals surface area contributed by atoms with Crippen molar-refractivity contribution in [3.05, 3.63) is 53.5 Å². The van der Waals surface area contributed by atoms with Crippen LogP contribution in [0, 0.1) is 18.8 Å². The molecule has 0 saturated carbocycles. The summed E-state index contributed by atoms with van der Waals surface area (Å²) in [7, 11) is 1.36. The Kier molecular flexibility index (Phi) is 4.75. The molecule has 0 aliphatic carbocycles. The summed E-state index contributed by atoms with van der Waals surface area (Å²) in [6.07, 6.45) is 2.96. The van der Waals surface area contributed by atoms with E-state index < -0.39 is 5.97 Å². The average molecular weight is 380 g/mol. The van der Waals surface area contributed by atoms with E-state index in [2.05, 4.69) is 33.9 Å². The maximum absolute atomic E-state index is 12.3. The van der Waals surface area contributed by atoms with E-state index in [-0.39, 0.29) is 17.9 Å². The number of fused-ring (bicyclic) bond motifs is 1. The van der Waals surface area contributed by atoms with Crippen LogP contribution in [0.4, 0.5) is 5.82 Å². The fourth-order valence-corrected chi connectivity index (χ4v) is 4.69. The quantitative estimate of drug-likeness (QED) is 0.760. The number of carbonyl (C=O) groups is 2. The predicted molar refractivity (Wildman–Crippen MR) is 104 cm³/mol. The summed E-state index contributed by atoms with van der Waals surface area (Å²) in [6.45, 7) is 5.93. The van der Waals surface area contributed by atoms with Crippen LogP contribution >= 0.6 is 0 Å². The van der Waals surface area contributed by atoms with Crippen LogP contribution in [0.25, 0.3) is 0 Å². The molecule has 0 radical (unpaired) electrons. The average Bonchev–Trinajstić information content (AvgIpc) is 3.26. The number of likely N-dealkylation sites (tertiary alicyclic amines) is 1. The number of hydrogen-bond acceptors (Lipinski definition) is 6. The third-order valence-corrected chi connectivity index (χ3v) is 5.97. The van der Waals surface area contributed by atoms with Gasteiger partial charge < -0.3 is 14.5 Å². The SMILES string of the molecule is COC(=O)c1cncnc1N1C[C@@H]2CN(C(C)=O)[C@H](c3ccccc3C)[C@@H]2C1. The van der Waals surface area contributed by atoms with E-state index >= 15 is 0 Å². The highest BCUT2D eigenvalue weighted by molar-refractivity contribution is 5.94. The Hall–Kier alpha value is -2.96. The molecule has 28 heavy (non-hydrogen) atoms. The van der Waals surface area contributed by atoms with E-state index in [1.54, 1.807) is 6.92 Å². The van der Waals surface area contributed by atoms with Gasteiger partial charge in [-0.25, -0.2) is 14.8 Å². The van der Waals surface area contributed by atoms with Crippen LogP contribution in [-0.4, -0.2) is 53.5 Å². The Balaban J connectivity index is 1.67. The number of hydrogen-bond donors (Lipinski definition) is 0. The van der Waals surface area contributed by atoms with Crippen LogP contribution in [-0.2, 0) is 9.53 Å². The lowest BCUT2D eigenvalue weighted by Crippen LogP contribution is -2.35. The van der Waals surface area contributed by atoms with Gasteiger partial charge in [-0.1, -0.05) is 24.3 Å². The number of nitrogens with zero attached hydrogens (tertiary/aromatic N) is 4. The molecule has 7 nitrogen and oxygen atoms in total. The van der Waals surface area contributed by atoms with Gasteiger partial charge in [0, 0.05) is 44.6 Å². The molecule has 1 aromatic heterocycles. The van der Waals surface area contributed by atoms with Gasteiger partial charge in [0.2, 0.25) is 5.91 Å². The second-order valence-corrected chi connectivity index (χ2v) is 7.55. The first-order valence-electron chi connectivity index (χ1n) is 9.47. The van der Waals surface area contributed by atoms with Gasteiger partial charge in [-0.15, -0.1) is 0 Å². The number of amides is 1. The molecule has 146 valence electrons. The van der Waals surface area contributed by atoms with Crippen molar-refractivity contribution >= 4 is 17.7 Å². The molecule has 1 amide bonds. The third-order valence-electron chi connectivity index (χ3n) is 5.97. The summed E-state index contributed by atoms with van der Waals surface area (Å²) in [5.41, 5.74) is 2.76. The standard InChI is InChI=1S/C21H24N4O3/c1-13-6-4-5-7-16(13)19-18-11-24(9-15(18)10-25(19)14(2)26)20-17(21(27)28-3)8-22-12-23-20/h4-8,12,15,18-19H,9-11H2,1-3H3/t15-,18-,19-/m1/s1. The van der Waals surface area contributed by atoms with Crippen molar-refractivity contribution in [2.45, 2.75) is 19.9 Å². The Bertz CT molecular complexity index is 916.